The van der Waals surface area contributed by atoms with Crippen molar-refractivity contribution in [1.29, 1.82) is 0 Å². The third-order valence-electron chi connectivity index (χ3n) is 2.73. The molecule has 0 saturated heterocycles. The highest BCUT2D eigenvalue weighted by Crippen LogP contribution is 2.23. The summed E-state index contributed by atoms with van der Waals surface area (Å²) in [7, 11) is 1.94. The summed E-state index contributed by atoms with van der Waals surface area (Å²) in [6, 6.07) is 5.40. The smallest absolute Gasteiger partial charge is 0.337 e. The first-order chi connectivity index (χ1) is 8.97. The van der Waals surface area contributed by atoms with E-state index in [4.69, 9.17) is 5.11 Å². The first-order valence-electron chi connectivity index (χ1n) is 5.62. The molecule has 0 aliphatic heterocycles. The van der Waals surface area contributed by atoms with Crippen molar-refractivity contribution in [3.63, 3.8) is 0 Å². The van der Waals surface area contributed by atoms with Crippen LogP contribution in [0.4, 0.5) is 5.82 Å². The normalized spacial score (nSPS) is 10.5. The lowest BCUT2D eigenvalue weighted by Gasteiger charge is -2.18. The van der Waals surface area contributed by atoms with Gasteiger partial charge >= 0.3 is 5.97 Å². The summed E-state index contributed by atoms with van der Waals surface area (Å²) in [4.78, 5) is 17.3. The van der Waals surface area contributed by atoms with Gasteiger partial charge in [0.2, 0.25) is 0 Å². The molecule has 2 aromatic heterocycles. The van der Waals surface area contributed by atoms with Crippen LogP contribution < -0.4 is 4.90 Å². The largest absolute Gasteiger partial charge is 0.478 e. The molecule has 0 spiro atoms. The number of hydrogen-bond donors (Lipinski definition) is 1. The Labute approximate surface area is 123 Å². The zero-order valence-corrected chi connectivity index (χ0v) is 13.0. The number of aromatic nitrogens is 1. The van der Waals surface area contributed by atoms with Crippen LogP contribution in [0.5, 0.6) is 0 Å². The number of nitrogens with zero attached hydrogens (tertiary/aromatic N) is 2. The van der Waals surface area contributed by atoms with Crippen LogP contribution in [0.3, 0.4) is 0 Å². The van der Waals surface area contributed by atoms with Gasteiger partial charge in [0, 0.05) is 13.6 Å². The third-order valence-corrected chi connectivity index (χ3v) is 4.29. The third kappa shape index (κ3) is 3.33. The Morgan fingerprint density at radius 1 is 1.53 bits per heavy atom. The molecule has 0 radical (unpaired) electrons. The van der Waals surface area contributed by atoms with Crippen molar-refractivity contribution in [1.82, 2.24) is 4.98 Å². The van der Waals surface area contributed by atoms with Crippen LogP contribution in [0.25, 0.3) is 0 Å². The molecule has 2 aromatic rings. The van der Waals surface area contributed by atoms with E-state index < -0.39 is 5.97 Å². The number of aryl methyl sites for hydroxylation is 1. The van der Waals surface area contributed by atoms with Gasteiger partial charge in [0.1, 0.15) is 5.82 Å². The summed E-state index contributed by atoms with van der Waals surface area (Å²) in [6.45, 7) is 2.45. The molecule has 19 heavy (non-hydrogen) atoms. The van der Waals surface area contributed by atoms with Crippen molar-refractivity contribution in [3.8, 4) is 0 Å². The van der Waals surface area contributed by atoms with Crippen molar-refractivity contribution >= 4 is 39.1 Å². The summed E-state index contributed by atoms with van der Waals surface area (Å²) in [5.74, 6) is -0.175. The highest BCUT2D eigenvalue weighted by Gasteiger charge is 2.11. The van der Waals surface area contributed by atoms with Crippen molar-refractivity contribution in [2.75, 3.05) is 11.9 Å². The first kappa shape index (κ1) is 14.0. The number of aromatic carboxylic acids is 1. The van der Waals surface area contributed by atoms with Gasteiger partial charge in [-0.25, -0.2) is 9.78 Å². The minimum absolute atomic E-state index is 0.246. The number of hydrogen-bond acceptors (Lipinski definition) is 4. The molecule has 6 heteroatoms. The van der Waals surface area contributed by atoms with E-state index in [0.29, 0.717) is 5.69 Å². The van der Waals surface area contributed by atoms with Gasteiger partial charge in [-0.1, -0.05) is 0 Å². The molecule has 0 unspecified atom stereocenters. The molecule has 2 rings (SSSR count). The Morgan fingerprint density at radius 3 is 2.79 bits per heavy atom. The van der Waals surface area contributed by atoms with Crippen LogP contribution in [0.15, 0.2) is 27.4 Å². The zero-order chi connectivity index (χ0) is 14.0. The van der Waals surface area contributed by atoms with E-state index in [-0.39, 0.29) is 5.56 Å². The fourth-order valence-corrected chi connectivity index (χ4v) is 2.97. The Morgan fingerprint density at radius 2 is 2.26 bits per heavy atom. The molecule has 100 valence electrons. The summed E-state index contributed by atoms with van der Waals surface area (Å²) < 4.78 is 1.10. The Balaban J connectivity index is 2.17. The standard InChI is InChI=1S/C13H13BrN2O2S/c1-8-10(13(17)18)3-4-12(15-8)16(2)6-9-5-11(14)19-7-9/h3-5,7H,6H2,1-2H3,(H,17,18). The molecule has 0 bridgehead atoms. The molecule has 2 heterocycles. The van der Waals surface area contributed by atoms with E-state index in [1.165, 1.54) is 5.56 Å². The van der Waals surface area contributed by atoms with E-state index in [2.05, 4.69) is 32.4 Å². The van der Waals surface area contributed by atoms with E-state index in [0.717, 1.165) is 16.1 Å². The Hall–Kier alpha value is -1.40. The van der Waals surface area contributed by atoms with Gasteiger partial charge in [-0.15, -0.1) is 11.3 Å². The number of rotatable bonds is 4. The van der Waals surface area contributed by atoms with Crippen LogP contribution in [-0.2, 0) is 6.54 Å². The molecule has 0 aromatic carbocycles. The average molecular weight is 341 g/mol. The first-order valence-corrected chi connectivity index (χ1v) is 7.29. The number of thiophene rings is 1. The van der Waals surface area contributed by atoms with Crippen LogP contribution in [0.1, 0.15) is 21.6 Å². The minimum atomic E-state index is -0.944. The zero-order valence-electron chi connectivity index (χ0n) is 10.6. The van der Waals surface area contributed by atoms with Gasteiger partial charge in [-0.3, -0.25) is 0 Å². The van der Waals surface area contributed by atoms with Crippen LogP contribution in [0, 0.1) is 6.92 Å². The van der Waals surface area contributed by atoms with Gasteiger partial charge < -0.3 is 10.0 Å². The van der Waals surface area contributed by atoms with Crippen molar-refractivity contribution in [2.45, 2.75) is 13.5 Å². The number of carbonyl (C=O) groups is 1. The lowest BCUT2D eigenvalue weighted by molar-refractivity contribution is 0.0695. The predicted molar refractivity (Wildman–Crippen MR) is 80.1 cm³/mol. The van der Waals surface area contributed by atoms with Gasteiger partial charge in [-0.2, -0.15) is 0 Å². The predicted octanol–water partition coefficient (Wildman–Crippen LogP) is 3.55. The molecule has 0 saturated carbocycles. The molecule has 1 N–H and O–H groups in total. The van der Waals surface area contributed by atoms with Gasteiger partial charge in [0.25, 0.3) is 0 Å². The SMILES string of the molecule is Cc1nc(N(C)Cc2csc(Br)c2)ccc1C(=O)O. The number of carboxylic acids is 1. The van der Waals surface area contributed by atoms with Gasteiger partial charge in [-0.05, 0) is 52.0 Å². The molecule has 0 fully saturated rings. The lowest BCUT2D eigenvalue weighted by Crippen LogP contribution is -2.18. The molecule has 0 aliphatic rings. The second-order valence-electron chi connectivity index (χ2n) is 4.22. The maximum atomic E-state index is 10.9. The van der Waals surface area contributed by atoms with E-state index in [1.807, 2.05) is 11.9 Å². The number of carboxylic acid groups (broad SMARTS) is 1. The summed E-state index contributed by atoms with van der Waals surface area (Å²) >= 11 is 5.08. The summed E-state index contributed by atoms with van der Waals surface area (Å²) in [6.07, 6.45) is 0. The van der Waals surface area contributed by atoms with Crippen molar-refractivity contribution in [2.24, 2.45) is 0 Å². The fraction of sp³-hybridized carbons (Fsp3) is 0.231. The lowest BCUT2D eigenvalue weighted by atomic mass is 10.2. The molecule has 0 atom stereocenters. The Bertz CT molecular complexity index is 612. The number of halogens is 1. The number of anilines is 1. The maximum Gasteiger partial charge on any atom is 0.337 e. The monoisotopic (exact) mass is 340 g/mol. The van der Waals surface area contributed by atoms with Crippen LogP contribution in [-0.4, -0.2) is 23.1 Å². The van der Waals surface area contributed by atoms with Crippen LogP contribution >= 0.6 is 27.3 Å². The summed E-state index contributed by atoms with van der Waals surface area (Å²) in [5.41, 5.74) is 1.97. The second-order valence-corrected chi connectivity index (χ2v) is 6.51. The summed E-state index contributed by atoms with van der Waals surface area (Å²) in [5, 5.41) is 11.1. The molecular weight excluding hydrogens is 328 g/mol. The highest BCUT2D eigenvalue weighted by atomic mass is 79.9. The fourth-order valence-electron chi connectivity index (χ4n) is 1.77. The molecule has 0 aliphatic carbocycles. The topological polar surface area (TPSA) is 53.4 Å². The molecule has 4 nitrogen and oxygen atoms in total. The van der Waals surface area contributed by atoms with E-state index in [1.54, 1.807) is 30.4 Å². The van der Waals surface area contributed by atoms with E-state index >= 15 is 0 Å². The molecule has 0 amide bonds. The van der Waals surface area contributed by atoms with Crippen molar-refractivity contribution in [3.05, 3.63) is 44.2 Å². The quantitative estimate of drug-likeness (QED) is 0.924. The average Bonchev–Trinajstić information content (AvgIpc) is 2.74. The Kier molecular flexibility index (Phi) is 4.21. The molecular formula is C13H13BrN2O2S. The number of pyridine rings is 1. The van der Waals surface area contributed by atoms with Gasteiger partial charge in [0.15, 0.2) is 0 Å². The van der Waals surface area contributed by atoms with Gasteiger partial charge in [0.05, 0.1) is 15.0 Å². The van der Waals surface area contributed by atoms with Crippen LogP contribution in [0.2, 0.25) is 0 Å². The highest BCUT2D eigenvalue weighted by molar-refractivity contribution is 9.11. The second kappa shape index (κ2) is 5.71. The van der Waals surface area contributed by atoms with E-state index in [9.17, 15) is 4.79 Å². The van der Waals surface area contributed by atoms with Crippen molar-refractivity contribution < 1.29 is 9.90 Å². The minimum Gasteiger partial charge on any atom is -0.478 e. The maximum absolute atomic E-state index is 10.9.